The van der Waals surface area contributed by atoms with Crippen molar-refractivity contribution in [3.63, 3.8) is 0 Å². The molecule has 0 saturated heterocycles. The third-order valence-electron chi connectivity index (χ3n) is 6.89. The number of methoxy groups -OCH3 is 2. The van der Waals surface area contributed by atoms with Crippen molar-refractivity contribution in [3.05, 3.63) is 94.0 Å². The molecule has 0 radical (unpaired) electrons. The molecule has 2 atom stereocenters. The van der Waals surface area contributed by atoms with E-state index in [-0.39, 0.29) is 11.8 Å². The Morgan fingerprint density at radius 3 is 2.44 bits per heavy atom. The van der Waals surface area contributed by atoms with E-state index in [9.17, 15) is 9.59 Å². The Morgan fingerprint density at radius 1 is 1.00 bits per heavy atom. The number of fused-ring (bicyclic) bond motifs is 4. The van der Waals surface area contributed by atoms with Gasteiger partial charge in [0.05, 0.1) is 26.2 Å². The van der Waals surface area contributed by atoms with E-state index in [0.29, 0.717) is 36.6 Å². The van der Waals surface area contributed by atoms with Gasteiger partial charge >= 0.3 is 0 Å². The molecule has 6 nitrogen and oxygen atoms in total. The molecule has 0 bridgehead atoms. The molecule has 2 aliphatic rings. The summed E-state index contributed by atoms with van der Waals surface area (Å²) in [6.45, 7) is 3.01. The Kier molecular flexibility index (Phi) is 5.74. The molecular formula is C28H28N2O4. The Morgan fingerprint density at radius 2 is 1.71 bits per heavy atom. The first-order valence-electron chi connectivity index (χ1n) is 11.5. The fraction of sp³-hybridized carbons (Fsp3) is 0.286. The van der Waals surface area contributed by atoms with Crippen molar-refractivity contribution in [2.75, 3.05) is 20.8 Å². The topological polar surface area (TPSA) is 67.9 Å². The number of nitrogens with one attached hydrogen (secondary N) is 1. The van der Waals surface area contributed by atoms with Crippen LogP contribution in [0.2, 0.25) is 0 Å². The van der Waals surface area contributed by atoms with E-state index >= 15 is 0 Å². The molecule has 6 heteroatoms. The third-order valence-corrected chi connectivity index (χ3v) is 6.89. The second kappa shape index (κ2) is 8.86. The molecule has 0 aliphatic carbocycles. The summed E-state index contributed by atoms with van der Waals surface area (Å²) in [7, 11) is 3.21. The van der Waals surface area contributed by atoms with Crippen LogP contribution in [0.4, 0.5) is 0 Å². The minimum Gasteiger partial charge on any atom is -0.493 e. The lowest BCUT2D eigenvalue weighted by Crippen LogP contribution is -2.50. The van der Waals surface area contributed by atoms with Gasteiger partial charge in [-0.3, -0.25) is 9.59 Å². The predicted octanol–water partition coefficient (Wildman–Crippen LogP) is 4.17. The molecule has 0 spiro atoms. The number of amides is 2. The number of aryl methyl sites for hydroxylation is 1. The molecule has 0 unspecified atom stereocenters. The van der Waals surface area contributed by atoms with Gasteiger partial charge in [0, 0.05) is 18.7 Å². The monoisotopic (exact) mass is 456 g/mol. The molecule has 2 heterocycles. The van der Waals surface area contributed by atoms with Crippen molar-refractivity contribution in [2.45, 2.75) is 31.8 Å². The van der Waals surface area contributed by atoms with E-state index in [1.165, 1.54) is 5.56 Å². The van der Waals surface area contributed by atoms with Crippen LogP contribution in [0.3, 0.4) is 0 Å². The maximum Gasteiger partial charge on any atom is 0.254 e. The van der Waals surface area contributed by atoms with Crippen LogP contribution < -0.4 is 14.8 Å². The second-order valence-electron chi connectivity index (χ2n) is 8.87. The molecule has 174 valence electrons. The van der Waals surface area contributed by atoms with Crippen LogP contribution in [-0.4, -0.2) is 37.5 Å². The summed E-state index contributed by atoms with van der Waals surface area (Å²) in [6.07, 6.45) is 0.692. The van der Waals surface area contributed by atoms with Crippen molar-refractivity contribution < 1.29 is 19.1 Å². The van der Waals surface area contributed by atoms with E-state index in [1.807, 2.05) is 72.5 Å². The fourth-order valence-corrected chi connectivity index (χ4v) is 5.14. The SMILES string of the molecule is COc1cc2c(cc1OC)[C@H]1[C@@H](C(=O)NCc3ccc(C)cc3)c3ccccc3C(=O)N1CC2. The molecule has 0 fully saturated rings. The zero-order chi connectivity index (χ0) is 23.8. The normalized spacial score (nSPS) is 18.4. The fourth-order valence-electron chi connectivity index (χ4n) is 5.14. The Balaban J connectivity index is 1.57. The summed E-state index contributed by atoms with van der Waals surface area (Å²) >= 11 is 0. The third kappa shape index (κ3) is 3.69. The summed E-state index contributed by atoms with van der Waals surface area (Å²) < 4.78 is 11.1. The summed E-state index contributed by atoms with van der Waals surface area (Å²) in [6, 6.07) is 19.1. The second-order valence-corrected chi connectivity index (χ2v) is 8.87. The number of ether oxygens (including phenoxy) is 2. The van der Waals surface area contributed by atoms with Crippen LogP contribution in [0.15, 0.2) is 60.7 Å². The first kappa shape index (κ1) is 22.0. The van der Waals surface area contributed by atoms with Gasteiger partial charge in [-0.2, -0.15) is 0 Å². The molecule has 2 aliphatic heterocycles. The van der Waals surface area contributed by atoms with Crippen LogP contribution in [0, 0.1) is 6.92 Å². The maximum absolute atomic E-state index is 13.7. The number of rotatable bonds is 5. The quantitative estimate of drug-likeness (QED) is 0.626. The van der Waals surface area contributed by atoms with E-state index in [1.54, 1.807) is 14.2 Å². The summed E-state index contributed by atoms with van der Waals surface area (Å²) in [5.41, 5.74) is 5.57. The Bertz CT molecular complexity index is 1250. The van der Waals surface area contributed by atoms with E-state index in [2.05, 4.69) is 5.32 Å². The standard InChI is InChI=1S/C28H28N2O4/c1-17-8-10-18(11-9-17)16-29-27(31)25-20-6-4-5-7-21(20)28(32)30-13-12-19-14-23(33-2)24(34-3)15-22(19)26(25)30/h4-11,14-15,25-26H,12-13,16H2,1-3H3,(H,29,31)/t25-,26-/m0/s1. The number of benzene rings is 3. The van der Waals surface area contributed by atoms with Crippen molar-refractivity contribution in [1.82, 2.24) is 10.2 Å². The van der Waals surface area contributed by atoms with Crippen LogP contribution in [0.5, 0.6) is 11.5 Å². The summed E-state index contributed by atoms with van der Waals surface area (Å²) in [5.74, 6) is 0.573. The lowest BCUT2D eigenvalue weighted by atomic mass is 9.75. The molecule has 0 saturated carbocycles. The average Bonchev–Trinajstić information content (AvgIpc) is 2.87. The number of carbonyl (C=O) groups is 2. The van der Waals surface area contributed by atoms with Gasteiger partial charge in [0.25, 0.3) is 5.91 Å². The molecule has 0 aromatic heterocycles. The molecule has 5 rings (SSSR count). The van der Waals surface area contributed by atoms with Crippen LogP contribution in [-0.2, 0) is 17.8 Å². The zero-order valence-electron chi connectivity index (χ0n) is 19.6. The Hall–Kier alpha value is -3.80. The molecular weight excluding hydrogens is 428 g/mol. The smallest absolute Gasteiger partial charge is 0.254 e. The van der Waals surface area contributed by atoms with E-state index in [0.717, 1.165) is 22.3 Å². The first-order valence-corrected chi connectivity index (χ1v) is 11.5. The number of carbonyl (C=O) groups excluding carboxylic acids is 2. The van der Waals surface area contributed by atoms with Crippen LogP contribution in [0.25, 0.3) is 0 Å². The lowest BCUT2D eigenvalue weighted by Gasteiger charge is -2.45. The van der Waals surface area contributed by atoms with Crippen LogP contribution in [0.1, 0.15) is 50.1 Å². The zero-order valence-corrected chi connectivity index (χ0v) is 19.6. The lowest BCUT2D eigenvalue weighted by molar-refractivity contribution is -0.124. The minimum absolute atomic E-state index is 0.0383. The van der Waals surface area contributed by atoms with Crippen molar-refractivity contribution in [3.8, 4) is 11.5 Å². The van der Waals surface area contributed by atoms with Crippen molar-refractivity contribution >= 4 is 11.8 Å². The molecule has 3 aromatic carbocycles. The predicted molar refractivity (Wildman–Crippen MR) is 129 cm³/mol. The van der Waals surface area contributed by atoms with Gasteiger partial charge in [0.15, 0.2) is 11.5 Å². The summed E-state index contributed by atoms with van der Waals surface area (Å²) in [5, 5.41) is 3.13. The number of hydrogen-bond acceptors (Lipinski definition) is 4. The van der Waals surface area contributed by atoms with Gasteiger partial charge < -0.3 is 19.7 Å². The van der Waals surface area contributed by atoms with E-state index < -0.39 is 12.0 Å². The van der Waals surface area contributed by atoms with Crippen LogP contribution >= 0.6 is 0 Å². The highest BCUT2D eigenvalue weighted by molar-refractivity contribution is 6.01. The van der Waals surface area contributed by atoms with Gasteiger partial charge in [-0.15, -0.1) is 0 Å². The highest BCUT2D eigenvalue weighted by Gasteiger charge is 2.46. The highest BCUT2D eigenvalue weighted by Crippen LogP contribution is 2.48. The summed E-state index contributed by atoms with van der Waals surface area (Å²) in [4.78, 5) is 29.0. The van der Waals surface area contributed by atoms with Gasteiger partial charge in [-0.05, 0) is 53.8 Å². The molecule has 1 N–H and O–H groups in total. The number of hydrogen-bond donors (Lipinski definition) is 1. The van der Waals surface area contributed by atoms with Gasteiger partial charge in [0.2, 0.25) is 5.91 Å². The average molecular weight is 457 g/mol. The minimum atomic E-state index is -0.531. The molecule has 2 amide bonds. The largest absolute Gasteiger partial charge is 0.493 e. The van der Waals surface area contributed by atoms with Gasteiger partial charge in [-0.1, -0.05) is 48.0 Å². The molecule has 3 aromatic rings. The van der Waals surface area contributed by atoms with E-state index in [4.69, 9.17) is 9.47 Å². The van der Waals surface area contributed by atoms with Crippen molar-refractivity contribution in [1.29, 1.82) is 0 Å². The van der Waals surface area contributed by atoms with Gasteiger partial charge in [-0.25, -0.2) is 0 Å². The first-order chi connectivity index (χ1) is 16.5. The maximum atomic E-state index is 13.7. The Labute approximate surface area is 199 Å². The highest BCUT2D eigenvalue weighted by atomic mass is 16.5. The van der Waals surface area contributed by atoms with Gasteiger partial charge in [0.1, 0.15) is 0 Å². The number of nitrogens with zero attached hydrogens (tertiary/aromatic N) is 1. The molecule has 34 heavy (non-hydrogen) atoms. The van der Waals surface area contributed by atoms with Crippen molar-refractivity contribution in [2.24, 2.45) is 0 Å².